The van der Waals surface area contributed by atoms with E-state index in [2.05, 4.69) is 9.97 Å². The van der Waals surface area contributed by atoms with Crippen LogP contribution in [0.2, 0.25) is 5.15 Å². The Morgan fingerprint density at radius 2 is 2.29 bits per heavy atom. The van der Waals surface area contributed by atoms with Crippen molar-refractivity contribution in [3.8, 4) is 0 Å². The summed E-state index contributed by atoms with van der Waals surface area (Å²) in [5.41, 5.74) is 0.298. The first kappa shape index (κ1) is 12.3. The lowest BCUT2D eigenvalue weighted by molar-refractivity contribution is 0.112. The molecule has 92 valence electrons. The normalized spacial score (nSPS) is 20.4. The first-order valence-corrected chi connectivity index (χ1v) is 5.92. The summed E-state index contributed by atoms with van der Waals surface area (Å²) in [7, 11) is 0. The summed E-state index contributed by atoms with van der Waals surface area (Å²) in [5.74, 6) is 1.05. The van der Waals surface area contributed by atoms with Gasteiger partial charge in [-0.25, -0.2) is 9.97 Å². The van der Waals surface area contributed by atoms with Crippen LogP contribution in [0.1, 0.15) is 29.0 Å². The highest BCUT2D eigenvalue weighted by Gasteiger charge is 2.23. The number of aldehydes is 1. The summed E-state index contributed by atoms with van der Waals surface area (Å²) in [6, 6.07) is 0. The van der Waals surface area contributed by atoms with Crippen LogP contribution in [0.3, 0.4) is 0 Å². The van der Waals surface area contributed by atoms with E-state index in [1.807, 2.05) is 4.90 Å². The summed E-state index contributed by atoms with van der Waals surface area (Å²) < 4.78 is 0. The van der Waals surface area contributed by atoms with Gasteiger partial charge in [0.05, 0.1) is 11.7 Å². The maximum atomic E-state index is 11.0. The van der Waals surface area contributed by atoms with Gasteiger partial charge in [-0.3, -0.25) is 4.79 Å². The van der Waals surface area contributed by atoms with Gasteiger partial charge in [-0.1, -0.05) is 11.6 Å². The lowest BCUT2D eigenvalue weighted by Gasteiger charge is -2.31. The van der Waals surface area contributed by atoms with E-state index in [1.165, 1.54) is 0 Å². The van der Waals surface area contributed by atoms with Crippen LogP contribution in [0.4, 0.5) is 5.82 Å². The number of carbonyl (C=O) groups is 1. The molecule has 1 atom stereocenters. The zero-order valence-electron chi connectivity index (χ0n) is 9.56. The average Bonchev–Trinajstić information content (AvgIpc) is 2.28. The van der Waals surface area contributed by atoms with Gasteiger partial charge >= 0.3 is 0 Å². The molecule has 1 saturated heterocycles. The van der Waals surface area contributed by atoms with Gasteiger partial charge in [-0.05, 0) is 19.8 Å². The molecule has 6 heteroatoms. The SMILES string of the molecule is Cc1nc(Cl)c(C=O)c(N2CCCC(O)C2)n1. The Balaban J connectivity index is 2.39. The molecular weight excluding hydrogens is 242 g/mol. The Labute approximate surface area is 104 Å². The van der Waals surface area contributed by atoms with Crippen molar-refractivity contribution < 1.29 is 9.90 Å². The highest BCUT2D eigenvalue weighted by Crippen LogP contribution is 2.25. The predicted molar refractivity (Wildman–Crippen MR) is 64.6 cm³/mol. The number of aromatic nitrogens is 2. The molecule has 1 N–H and O–H groups in total. The molecule has 0 bridgehead atoms. The van der Waals surface area contributed by atoms with E-state index in [0.717, 1.165) is 19.4 Å². The second-order valence-electron chi connectivity index (χ2n) is 4.16. The number of β-amino-alcohol motifs (C(OH)–C–C–N with tert-alkyl or cyclic N) is 1. The third kappa shape index (κ3) is 2.56. The number of piperidine rings is 1. The molecule has 2 rings (SSSR count). The molecule has 1 aliphatic heterocycles. The lowest BCUT2D eigenvalue weighted by Crippen LogP contribution is -2.39. The molecular formula is C11H14ClN3O2. The van der Waals surface area contributed by atoms with Crippen molar-refractivity contribution in [2.24, 2.45) is 0 Å². The maximum absolute atomic E-state index is 11.0. The van der Waals surface area contributed by atoms with Crippen molar-refractivity contribution >= 4 is 23.7 Å². The number of halogens is 1. The molecule has 0 aromatic carbocycles. The summed E-state index contributed by atoms with van der Waals surface area (Å²) in [4.78, 5) is 21.1. The summed E-state index contributed by atoms with van der Waals surface area (Å²) in [6.07, 6.45) is 1.94. The van der Waals surface area contributed by atoms with Crippen LogP contribution in [-0.4, -0.2) is 40.6 Å². The van der Waals surface area contributed by atoms with Gasteiger partial charge < -0.3 is 10.0 Å². The number of anilines is 1. The van der Waals surface area contributed by atoms with Gasteiger partial charge in [-0.15, -0.1) is 0 Å². The van der Waals surface area contributed by atoms with Crippen molar-refractivity contribution in [2.45, 2.75) is 25.9 Å². The zero-order valence-corrected chi connectivity index (χ0v) is 10.3. The van der Waals surface area contributed by atoms with Crippen molar-refractivity contribution in [3.63, 3.8) is 0 Å². The number of nitrogens with zero attached hydrogens (tertiary/aromatic N) is 3. The van der Waals surface area contributed by atoms with Gasteiger partial charge in [0.15, 0.2) is 6.29 Å². The van der Waals surface area contributed by atoms with E-state index in [-0.39, 0.29) is 11.3 Å². The Hall–Kier alpha value is -1.20. The molecule has 1 aromatic rings. The van der Waals surface area contributed by atoms with Crippen LogP contribution in [0.25, 0.3) is 0 Å². The minimum atomic E-state index is -0.378. The number of aliphatic hydroxyl groups excluding tert-OH is 1. The van der Waals surface area contributed by atoms with Crippen LogP contribution < -0.4 is 4.90 Å². The fourth-order valence-electron chi connectivity index (χ4n) is 2.02. The standard InChI is InChI=1S/C11H14ClN3O2/c1-7-13-10(12)9(6-16)11(14-7)15-4-2-3-8(17)5-15/h6,8,17H,2-5H2,1H3. The van der Waals surface area contributed by atoms with Gasteiger partial charge in [0, 0.05) is 13.1 Å². The van der Waals surface area contributed by atoms with E-state index in [1.54, 1.807) is 6.92 Å². The van der Waals surface area contributed by atoms with Gasteiger partial charge in [0.1, 0.15) is 16.8 Å². The monoisotopic (exact) mass is 255 g/mol. The largest absolute Gasteiger partial charge is 0.391 e. The number of aryl methyl sites for hydroxylation is 1. The number of hydrogen-bond donors (Lipinski definition) is 1. The molecule has 1 fully saturated rings. The molecule has 0 saturated carbocycles. The van der Waals surface area contributed by atoms with E-state index >= 15 is 0 Å². The third-order valence-electron chi connectivity index (χ3n) is 2.80. The Morgan fingerprint density at radius 1 is 1.53 bits per heavy atom. The third-order valence-corrected chi connectivity index (χ3v) is 3.09. The van der Waals surface area contributed by atoms with Crippen LogP contribution in [-0.2, 0) is 0 Å². The van der Waals surface area contributed by atoms with Crippen LogP contribution in [0, 0.1) is 6.92 Å². The summed E-state index contributed by atoms with van der Waals surface area (Å²) >= 11 is 5.92. The minimum Gasteiger partial charge on any atom is -0.391 e. The van der Waals surface area contributed by atoms with Crippen molar-refractivity contribution in [2.75, 3.05) is 18.0 Å². The molecule has 0 aliphatic carbocycles. The van der Waals surface area contributed by atoms with Crippen molar-refractivity contribution in [1.29, 1.82) is 0 Å². The maximum Gasteiger partial charge on any atom is 0.156 e. The topological polar surface area (TPSA) is 66.3 Å². The Kier molecular flexibility index (Phi) is 3.59. The van der Waals surface area contributed by atoms with Gasteiger partial charge in [-0.2, -0.15) is 0 Å². The minimum absolute atomic E-state index is 0.169. The summed E-state index contributed by atoms with van der Waals surface area (Å²) in [6.45, 7) is 2.97. The molecule has 17 heavy (non-hydrogen) atoms. The number of hydrogen-bond acceptors (Lipinski definition) is 5. The predicted octanol–water partition coefficient (Wildman–Crippen LogP) is 1.21. The fourth-order valence-corrected chi connectivity index (χ4v) is 2.27. The average molecular weight is 256 g/mol. The van der Waals surface area contributed by atoms with E-state index in [0.29, 0.717) is 30.0 Å². The highest BCUT2D eigenvalue weighted by atomic mass is 35.5. The number of aliphatic hydroxyl groups is 1. The quantitative estimate of drug-likeness (QED) is 0.636. The fraction of sp³-hybridized carbons (Fsp3) is 0.545. The van der Waals surface area contributed by atoms with E-state index in [9.17, 15) is 9.90 Å². The summed E-state index contributed by atoms with van der Waals surface area (Å²) in [5, 5.41) is 9.81. The van der Waals surface area contributed by atoms with Crippen LogP contribution in [0.15, 0.2) is 0 Å². The van der Waals surface area contributed by atoms with Crippen LogP contribution in [0.5, 0.6) is 0 Å². The number of rotatable bonds is 2. The van der Waals surface area contributed by atoms with Gasteiger partial charge in [0.25, 0.3) is 0 Å². The molecule has 0 radical (unpaired) electrons. The second-order valence-corrected chi connectivity index (χ2v) is 4.52. The first-order chi connectivity index (χ1) is 8.11. The van der Waals surface area contributed by atoms with Crippen molar-refractivity contribution in [1.82, 2.24) is 9.97 Å². The van der Waals surface area contributed by atoms with Gasteiger partial charge in [0.2, 0.25) is 0 Å². The Morgan fingerprint density at radius 3 is 2.94 bits per heavy atom. The molecule has 0 amide bonds. The lowest BCUT2D eigenvalue weighted by atomic mass is 10.1. The van der Waals surface area contributed by atoms with Crippen molar-refractivity contribution in [3.05, 3.63) is 16.5 Å². The molecule has 1 aromatic heterocycles. The molecule has 1 unspecified atom stereocenters. The van der Waals surface area contributed by atoms with E-state index in [4.69, 9.17) is 11.6 Å². The molecule has 2 heterocycles. The first-order valence-electron chi connectivity index (χ1n) is 5.54. The van der Waals surface area contributed by atoms with E-state index < -0.39 is 0 Å². The zero-order chi connectivity index (χ0) is 12.4. The highest BCUT2D eigenvalue weighted by molar-refractivity contribution is 6.32. The number of carbonyl (C=O) groups excluding carboxylic acids is 1. The Bertz CT molecular complexity index is 439. The second kappa shape index (κ2) is 4.98. The molecule has 0 spiro atoms. The molecule has 5 nitrogen and oxygen atoms in total. The smallest absolute Gasteiger partial charge is 0.156 e. The van der Waals surface area contributed by atoms with Crippen LogP contribution >= 0.6 is 11.6 Å². The molecule has 1 aliphatic rings.